The third kappa shape index (κ3) is 17.5. The molecule has 0 atom stereocenters. The number of ether oxygens (including phenoxy) is 1. The van der Waals surface area contributed by atoms with Crippen LogP contribution < -0.4 is 0 Å². The van der Waals surface area contributed by atoms with Crippen LogP contribution in [-0.2, 0) is 4.74 Å². The molecule has 0 aliphatic heterocycles. The fraction of sp³-hybridized carbons (Fsp3) is 0.706. The third-order valence-electron chi connectivity index (χ3n) is 2.73. The SMILES string of the molecule is CCCCCCC=CCOCCC=C=CCCCCl. The second kappa shape index (κ2) is 17.5. The van der Waals surface area contributed by atoms with Crippen molar-refractivity contribution < 1.29 is 4.74 Å². The highest BCUT2D eigenvalue weighted by atomic mass is 35.5. The fourth-order valence-electron chi connectivity index (χ4n) is 1.60. The van der Waals surface area contributed by atoms with E-state index in [9.17, 15) is 0 Å². The Kier molecular flexibility index (Phi) is 17.1. The Hall–Kier alpha value is -0.490. The number of rotatable bonds is 13. The summed E-state index contributed by atoms with van der Waals surface area (Å²) in [5.74, 6) is 0.728. The van der Waals surface area contributed by atoms with Crippen LogP contribution in [-0.4, -0.2) is 19.1 Å². The standard InChI is InChI=1S/C17H29ClO/c1-2-3-4-5-7-10-13-16-19-17-14-11-8-6-9-12-15-18/h6,10-11,13H,2-5,7,9,12,14-17H2,1H3. The zero-order valence-corrected chi connectivity index (χ0v) is 13.1. The Morgan fingerprint density at radius 2 is 1.79 bits per heavy atom. The van der Waals surface area contributed by atoms with Gasteiger partial charge in [0.1, 0.15) is 0 Å². The minimum atomic E-state index is 0.728. The van der Waals surface area contributed by atoms with Gasteiger partial charge in [0.05, 0.1) is 13.2 Å². The van der Waals surface area contributed by atoms with Gasteiger partial charge in [0, 0.05) is 5.88 Å². The molecule has 0 aromatic rings. The van der Waals surface area contributed by atoms with Crippen molar-refractivity contribution in [3.8, 4) is 0 Å². The molecule has 19 heavy (non-hydrogen) atoms. The number of alkyl halides is 1. The van der Waals surface area contributed by atoms with Crippen LogP contribution in [0.4, 0.5) is 0 Å². The van der Waals surface area contributed by atoms with E-state index >= 15 is 0 Å². The van der Waals surface area contributed by atoms with E-state index in [1.165, 1.54) is 32.1 Å². The molecule has 0 aliphatic rings. The summed E-state index contributed by atoms with van der Waals surface area (Å²) in [6.45, 7) is 3.75. The van der Waals surface area contributed by atoms with Gasteiger partial charge in [0.15, 0.2) is 0 Å². The Bertz CT molecular complexity index is 252. The summed E-state index contributed by atoms with van der Waals surface area (Å²) in [4.78, 5) is 0. The zero-order chi connectivity index (χ0) is 14.0. The molecule has 110 valence electrons. The molecule has 0 saturated carbocycles. The molecular formula is C17H29ClO. The Labute approximate surface area is 124 Å². The molecule has 0 amide bonds. The van der Waals surface area contributed by atoms with Crippen LogP contribution in [0.2, 0.25) is 0 Å². The van der Waals surface area contributed by atoms with Gasteiger partial charge in [-0.25, -0.2) is 0 Å². The summed E-state index contributed by atoms with van der Waals surface area (Å²) >= 11 is 5.58. The van der Waals surface area contributed by atoms with Gasteiger partial charge in [0.2, 0.25) is 0 Å². The van der Waals surface area contributed by atoms with Crippen LogP contribution in [0, 0.1) is 0 Å². The second-order valence-corrected chi connectivity index (χ2v) is 4.97. The molecule has 2 heteroatoms. The molecule has 0 aliphatic carbocycles. The van der Waals surface area contributed by atoms with E-state index < -0.39 is 0 Å². The van der Waals surface area contributed by atoms with Crippen molar-refractivity contribution in [3.05, 3.63) is 30.0 Å². The summed E-state index contributed by atoms with van der Waals surface area (Å²) in [5.41, 5.74) is 3.14. The van der Waals surface area contributed by atoms with Crippen molar-refractivity contribution in [1.29, 1.82) is 0 Å². The van der Waals surface area contributed by atoms with Gasteiger partial charge in [-0.1, -0.05) is 38.3 Å². The normalized spacial score (nSPS) is 10.6. The maximum atomic E-state index is 5.58. The van der Waals surface area contributed by atoms with Crippen molar-refractivity contribution in [1.82, 2.24) is 0 Å². The quantitative estimate of drug-likeness (QED) is 0.184. The number of allylic oxidation sites excluding steroid dienone is 1. The van der Waals surface area contributed by atoms with Crippen molar-refractivity contribution >= 4 is 11.6 Å². The average molecular weight is 285 g/mol. The molecule has 0 fully saturated rings. The lowest BCUT2D eigenvalue weighted by atomic mass is 10.1. The van der Waals surface area contributed by atoms with E-state index in [0.717, 1.165) is 38.4 Å². The van der Waals surface area contributed by atoms with Crippen molar-refractivity contribution in [2.24, 2.45) is 0 Å². The van der Waals surface area contributed by atoms with E-state index in [0.29, 0.717) is 0 Å². The first-order chi connectivity index (χ1) is 9.41. The Morgan fingerprint density at radius 1 is 0.947 bits per heavy atom. The van der Waals surface area contributed by atoms with E-state index in [1.54, 1.807) is 0 Å². The topological polar surface area (TPSA) is 9.23 Å². The monoisotopic (exact) mass is 284 g/mol. The molecule has 0 N–H and O–H groups in total. The molecule has 0 bridgehead atoms. The summed E-state index contributed by atoms with van der Waals surface area (Å²) in [7, 11) is 0. The average Bonchev–Trinajstić information content (AvgIpc) is 2.43. The molecule has 0 spiro atoms. The minimum absolute atomic E-state index is 0.728. The molecule has 0 saturated heterocycles. The number of halogens is 1. The fourth-order valence-corrected chi connectivity index (χ4v) is 1.75. The highest BCUT2D eigenvalue weighted by Crippen LogP contribution is 2.02. The number of hydrogen-bond acceptors (Lipinski definition) is 1. The molecule has 0 aromatic carbocycles. The maximum absolute atomic E-state index is 5.58. The minimum Gasteiger partial charge on any atom is -0.377 e. The van der Waals surface area contributed by atoms with Crippen molar-refractivity contribution in [3.63, 3.8) is 0 Å². The lowest BCUT2D eigenvalue weighted by Gasteiger charge is -1.97. The number of hydrogen-bond donors (Lipinski definition) is 0. The molecule has 0 radical (unpaired) electrons. The third-order valence-corrected chi connectivity index (χ3v) is 3.00. The van der Waals surface area contributed by atoms with Crippen LogP contribution in [0.25, 0.3) is 0 Å². The molecule has 0 heterocycles. The first-order valence-electron chi connectivity index (χ1n) is 7.60. The van der Waals surface area contributed by atoms with Gasteiger partial charge in [-0.05, 0) is 44.3 Å². The van der Waals surface area contributed by atoms with Crippen LogP contribution in [0.3, 0.4) is 0 Å². The summed E-state index contributed by atoms with van der Waals surface area (Å²) in [6, 6.07) is 0. The molecule has 0 aromatic heterocycles. The van der Waals surface area contributed by atoms with Gasteiger partial charge in [0.25, 0.3) is 0 Å². The molecule has 1 nitrogen and oxygen atoms in total. The highest BCUT2D eigenvalue weighted by Gasteiger charge is 1.85. The second-order valence-electron chi connectivity index (χ2n) is 4.59. The van der Waals surface area contributed by atoms with Gasteiger partial charge < -0.3 is 4.74 Å². The predicted octanol–water partition coefficient (Wildman–Crippen LogP) is 5.65. The van der Waals surface area contributed by atoms with Gasteiger partial charge in [-0.15, -0.1) is 17.3 Å². The van der Waals surface area contributed by atoms with E-state index in [-0.39, 0.29) is 0 Å². The van der Waals surface area contributed by atoms with Gasteiger partial charge in [-0.2, -0.15) is 0 Å². The molecule has 0 rings (SSSR count). The Morgan fingerprint density at radius 3 is 2.58 bits per heavy atom. The van der Waals surface area contributed by atoms with E-state index in [2.05, 4.69) is 24.8 Å². The number of unbranched alkanes of at least 4 members (excludes halogenated alkanes) is 5. The first kappa shape index (κ1) is 18.5. The molecular weight excluding hydrogens is 256 g/mol. The largest absolute Gasteiger partial charge is 0.377 e. The van der Waals surface area contributed by atoms with Crippen LogP contribution in [0.5, 0.6) is 0 Å². The van der Waals surface area contributed by atoms with Gasteiger partial charge >= 0.3 is 0 Å². The smallest absolute Gasteiger partial charge is 0.0647 e. The zero-order valence-electron chi connectivity index (χ0n) is 12.4. The molecule has 0 unspecified atom stereocenters. The van der Waals surface area contributed by atoms with Crippen LogP contribution >= 0.6 is 11.6 Å². The van der Waals surface area contributed by atoms with E-state index in [1.807, 2.05) is 12.2 Å². The summed E-state index contributed by atoms with van der Waals surface area (Å²) < 4.78 is 5.50. The van der Waals surface area contributed by atoms with Crippen molar-refractivity contribution in [2.45, 2.75) is 58.3 Å². The summed E-state index contributed by atoms with van der Waals surface area (Å²) in [5, 5.41) is 0. The van der Waals surface area contributed by atoms with E-state index in [4.69, 9.17) is 16.3 Å². The van der Waals surface area contributed by atoms with Gasteiger partial charge in [-0.3, -0.25) is 0 Å². The van der Waals surface area contributed by atoms with Crippen molar-refractivity contribution in [2.75, 3.05) is 19.1 Å². The maximum Gasteiger partial charge on any atom is 0.0647 e. The predicted molar refractivity (Wildman–Crippen MR) is 85.9 cm³/mol. The van der Waals surface area contributed by atoms with Crippen LogP contribution in [0.15, 0.2) is 30.0 Å². The first-order valence-corrected chi connectivity index (χ1v) is 8.13. The lowest BCUT2D eigenvalue weighted by Crippen LogP contribution is -1.92. The highest BCUT2D eigenvalue weighted by molar-refractivity contribution is 6.17. The lowest BCUT2D eigenvalue weighted by molar-refractivity contribution is 0.167. The summed E-state index contributed by atoms with van der Waals surface area (Å²) in [6.07, 6.45) is 17.9. The Balaban J connectivity index is 3.21. The van der Waals surface area contributed by atoms with Crippen LogP contribution in [0.1, 0.15) is 58.3 Å².